The highest BCUT2D eigenvalue weighted by Gasteiger charge is 2.18. The third kappa shape index (κ3) is 0.859. The summed E-state index contributed by atoms with van der Waals surface area (Å²) in [7, 11) is 0. The summed E-state index contributed by atoms with van der Waals surface area (Å²) in [5, 5.41) is 0.965. The highest BCUT2D eigenvalue weighted by molar-refractivity contribution is 7.99. The van der Waals surface area contributed by atoms with Gasteiger partial charge in [-0.3, -0.25) is 4.57 Å². The molecule has 0 saturated carbocycles. The van der Waals surface area contributed by atoms with Gasteiger partial charge in [-0.1, -0.05) is 0 Å². The average Bonchev–Trinajstić information content (AvgIpc) is 2.66. The topological polar surface area (TPSA) is 63.6 Å². The Kier molecular flexibility index (Phi) is 1.29. The molecule has 13 heavy (non-hydrogen) atoms. The summed E-state index contributed by atoms with van der Waals surface area (Å²) in [5.41, 5.74) is 1.20. The van der Waals surface area contributed by atoms with Gasteiger partial charge < -0.3 is 4.98 Å². The Morgan fingerprint density at radius 3 is 3.46 bits per heavy atom. The lowest BCUT2D eigenvalue weighted by Gasteiger charge is -1.99. The van der Waals surface area contributed by atoms with E-state index in [-0.39, 0.29) is 5.69 Å². The van der Waals surface area contributed by atoms with E-state index in [1.807, 2.05) is 0 Å². The Bertz CT molecular complexity index is 529. The zero-order valence-electron chi connectivity index (χ0n) is 6.65. The molecule has 0 saturated heterocycles. The van der Waals surface area contributed by atoms with Crippen LogP contribution in [0, 0.1) is 0 Å². The van der Waals surface area contributed by atoms with Gasteiger partial charge >= 0.3 is 5.69 Å². The van der Waals surface area contributed by atoms with E-state index in [4.69, 9.17) is 0 Å². The molecule has 66 valence electrons. The van der Waals surface area contributed by atoms with Crippen molar-refractivity contribution in [2.24, 2.45) is 0 Å². The maximum Gasteiger partial charge on any atom is 0.350 e. The minimum atomic E-state index is -0.195. The summed E-state index contributed by atoms with van der Waals surface area (Å²) in [6, 6.07) is 0. The van der Waals surface area contributed by atoms with Gasteiger partial charge in [-0.15, -0.1) is 11.8 Å². The van der Waals surface area contributed by atoms with Crippen molar-refractivity contribution >= 4 is 22.9 Å². The second kappa shape index (κ2) is 2.35. The first-order chi connectivity index (χ1) is 6.36. The van der Waals surface area contributed by atoms with E-state index in [0.717, 1.165) is 22.8 Å². The molecule has 0 fully saturated rings. The molecule has 0 bridgehead atoms. The average molecular weight is 194 g/mol. The standard InChI is InChI=1S/C7H6N4OS/c12-7-10-5-4(8-3-9-5)6-11(7)1-2-13-6/h3H,1-2H2,(H,8,9,10,12). The molecule has 1 N–H and O–H groups in total. The van der Waals surface area contributed by atoms with Gasteiger partial charge in [-0.2, -0.15) is 4.98 Å². The van der Waals surface area contributed by atoms with Gasteiger partial charge in [0.05, 0.1) is 6.33 Å². The van der Waals surface area contributed by atoms with Crippen molar-refractivity contribution < 1.29 is 0 Å². The highest BCUT2D eigenvalue weighted by Crippen LogP contribution is 2.27. The molecule has 6 heteroatoms. The summed E-state index contributed by atoms with van der Waals surface area (Å²) in [6.07, 6.45) is 1.57. The molecule has 0 spiro atoms. The molecule has 3 heterocycles. The molecule has 3 rings (SSSR count). The lowest BCUT2D eigenvalue weighted by molar-refractivity contribution is 0.677. The Morgan fingerprint density at radius 2 is 2.54 bits per heavy atom. The maximum atomic E-state index is 11.4. The maximum absolute atomic E-state index is 11.4. The predicted molar refractivity (Wildman–Crippen MR) is 48.9 cm³/mol. The molecule has 0 aliphatic carbocycles. The second-order valence-electron chi connectivity index (χ2n) is 2.80. The van der Waals surface area contributed by atoms with Crippen LogP contribution in [0.15, 0.2) is 16.1 Å². The first-order valence-electron chi connectivity index (χ1n) is 3.93. The number of imidazole rings is 1. The molecule has 0 unspecified atom stereocenters. The van der Waals surface area contributed by atoms with Crippen LogP contribution in [-0.2, 0) is 6.54 Å². The highest BCUT2D eigenvalue weighted by atomic mass is 32.2. The van der Waals surface area contributed by atoms with Gasteiger partial charge in [0.15, 0.2) is 5.65 Å². The third-order valence-electron chi connectivity index (χ3n) is 2.06. The predicted octanol–water partition coefficient (Wildman–Crippen LogP) is 0.225. The van der Waals surface area contributed by atoms with Crippen LogP contribution >= 0.6 is 11.8 Å². The minimum absolute atomic E-state index is 0.195. The SMILES string of the molecule is O=c1nc2nc[nH]c2c2n1CCS2. The number of hydrogen-bond acceptors (Lipinski definition) is 4. The normalized spacial score (nSPS) is 15.1. The smallest absolute Gasteiger partial charge is 0.341 e. The van der Waals surface area contributed by atoms with E-state index in [1.54, 1.807) is 22.7 Å². The van der Waals surface area contributed by atoms with Crippen LogP contribution in [0.1, 0.15) is 0 Å². The van der Waals surface area contributed by atoms with E-state index < -0.39 is 0 Å². The molecule has 0 aromatic carbocycles. The van der Waals surface area contributed by atoms with Crippen LogP contribution < -0.4 is 5.69 Å². The van der Waals surface area contributed by atoms with E-state index in [9.17, 15) is 4.79 Å². The van der Waals surface area contributed by atoms with Crippen molar-refractivity contribution in [1.82, 2.24) is 19.5 Å². The van der Waals surface area contributed by atoms with E-state index >= 15 is 0 Å². The van der Waals surface area contributed by atoms with Gasteiger partial charge in [0, 0.05) is 12.3 Å². The van der Waals surface area contributed by atoms with Crippen molar-refractivity contribution in [1.29, 1.82) is 0 Å². The number of aromatic nitrogens is 4. The van der Waals surface area contributed by atoms with Crippen LogP contribution in [0.4, 0.5) is 0 Å². The van der Waals surface area contributed by atoms with Crippen LogP contribution in [0.3, 0.4) is 0 Å². The number of thioether (sulfide) groups is 1. The number of H-pyrrole nitrogens is 1. The fraction of sp³-hybridized carbons (Fsp3) is 0.286. The van der Waals surface area contributed by atoms with Crippen molar-refractivity contribution in [2.45, 2.75) is 11.6 Å². The zero-order valence-corrected chi connectivity index (χ0v) is 7.47. The number of hydrogen-bond donors (Lipinski definition) is 1. The van der Waals surface area contributed by atoms with Gasteiger partial charge in [0.1, 0.15) is 10.5 Å². The monoisotopic (exact) mass is 194 g/mol. The molecule has 1 aliphatic heterocycles. The second-order valence-corrected chi connectivity index (χ2v) is 3.88. The Morgan fingerprint density at radius 1 is 1.62 bits per heavy atom. The van der Waals surface area contributed by atoms with E-state index in [1.165, 1.54) is 0 Å². The molecule has 0 radical (unpaired) electrons. The summed E-state index contributed by atoms with van der Waals surface area (Å²) < 4.78 is 1.69. The van der Waals surface area contributed by atoms with Crippen LogP contribution in [0.25, 0.3) is 11.2 Å². The summed E-state index contributed by atoms with van der Waals surface area (Å²) in [5.74, 6) is 0.940. The number of fused-ring (bicyclic) bond motifs is 3. The summed E-state index contributed by atoms with van der Waals surface area (Å²) in [6.45, 7) is 0.751. The Hall–Kier alpha value is -1.30. The quantitative estimate of drug-likeness (QED) is 0.609. The lowest BCUT2D eigenvalue weighted by atomic mass is 10.5. The van der Waals surface area contributed by atoms with E-state index in [2.05, 4.69) is 15.0 Å². The molecular formula is C7H6N4OS. The van der Waals surface area contributed by atoms with Crippen molar-refractivity contribution in [3.8, 4) is 0 Å². The Balaban J connectivity index is 2.55. The largest absolute Gasteiger partial charge is 0.350 e. The lowest BCUT2D eigenvalue weighted by Crippen LogP contribution is -2.21. The van der Waals surface area contributed by atoms with Crippen molar-refractivity contribution in [3.05, 3.63) is 16.8 Å². The molecule has 2 aromatic rings. The number of nitrogens with one attached hydrogen (secondary N) is 1. The number of aromatic amines is 1. The fourth-order valence-corrected chi connectivity index (χ4v) is 2.57. The third-order valence-corrected chi connectivity index (χ3v) is 3.15. The summed E-state index contributed by atoms with van der Waals surface area (Å²) >= 11 is 1.67. The van der Waals surface area contributed by atoms with Gasteiger partial charge in [0.2, 0.25) is 0 Å². The zero-order chi connectivity index (χ0) is 8.84. The van der Waals surface area contributed by atoms with Crippen molar-refractivity contribution in [2.75, 3.05) is 5.75 Å². The number of rotatable bonds is 0. The molecule has 5 nitrogen and oxygen atoms in total. The van der Waals surface area contributed by atoms with Crippen LogP contribution in [-0.4, -0.2) is 25.3 Å². The van der Waals surface area contributed by atoms with Crippen LogP contribution in [0.2, 0.25) is 0 Å². The van der Waals surface area contributed by atoms with Crippen LogP contribution in [0.5, 0.6) is 0 Å². The molecule has 0 atom stereocenters. The fourth-order valence-electron chi connectivity index (χ4n) is 1.48. The molecule has 2 aromatic heterocycles. The first-order valence-corrected chi connectivity index (χ1v) is 4.91. The molecular weight excluding hydrogens is 188 g/mol. The first kappa shape index (κ1) is 7.14. The van der Waals surface area contributed by atoms with E-state index in [0.29, 0.717) is 5.65 Å². The van der Waals surface area contributed by atoms with Crippen molar-refractivity contribution in [3.63, 3.8) is 0 Å². The minimum Gasteiger partial charge on any atom is -0.341 e. The van der Waals surface area contributed by atoms with Gasteiger partial charge in [0.25, 0.3) is 0 Å². The summed E-state index contributed by atoms with van der Waals surface area (Å²) in [4.78, 5) is 22.2. The Labute approximate surface area is 77.2 Å². The number of nitrogens with zero attached hydrogens (tertiary/aromatic N) is 3. The molecule has 0 amide bonds. The van der Waals surface area contributed by atoms with Gasteiger partial charge in [-0.05, 0) is 0 Å². The molecule has 1 aliphatic rings. The van der Waals surface area contributed by atoms with Gasteiger partial charge in [-0.25, -0.2) is 9.78 Å².